The number of hydrogen-bond donors (Lipinski definition) is 1. The summed E-state index contributed by atoms with van der Waals surface area (Å²) in [7, 11) is 0. The first kappa shape index (κ1) is 22.7. The first-order valence-corrected chi connectivity index (χ1v) is 12.3. The van der Waals surface area contributed by atoms with E-state index in [1.807, 2.05) is 13.0 Å². The fourth-order valence-corrected chi connectivity index (χ4v) is 4.98. The number of likely N-dealkylation sites (tertiary alicyclic amines) is 1. The van der Waals surface area contributed by atoms with Crippen LogP contribution in [0.15, 0.2) is 42.6 Å². The molecular formula is C26H37N5O. The molecule has 1 N–H and O–H groups in total. The van der Waals surface area contributed by atoms with Gasteiger partial charge in [-0.05, 0) is 82.6 Å². The largest absolute Gasteiger partial charge is 0.356 e. The lowest BCUT2D eigenvalue weighted by molar-refractivity contribution is -0.125. The molecule has 172 valence electrons. The molecule has 0 radical (unpaired) electrons. The summed E-state index contributed by atoms with van der Waals surface area (Å²) in [6, 6.07) is 12.8. The van der Waals surface area contributed by atoms with E-state index in [0.29, 0.717) is 6.54 Å². The SMILES string of the molecule is Cc1ccnc(N2CCCC(C(=O)NCCCN3CCC(Cc4ccccc4)CC3)C2)n1. The standard InChI is InChI=1S/C26H37N5O/c1-21-10-14-28-26(29-21)31-16-5-9-24(20-31)25(32)27-13-6-15-30-17-11-23(12-18-30)19-22-7-3-2-4-8-22/h2-4,7-8,10,14,23-24H,5-6,9,11-13,15-20H2,1H3,(H,27,32). The van der Waals surface area contributed by atoms with E-state index < -0.39 is 0 Å². The number of carbonyl (C=O) groups excluding carboxylic acids is 1. The molecule has 0 bridgehead atoms. The molecular weight excluding hydrogens is 398 g/mol. The number of aryl methyl sites for hydroxylation is 1. The summed E-state index contributed by atoms with van der Waals surface area (Å²) in [5.74, 6) is 1.77. The van der Waals surface area contributed by atoms with Gasteiger partial charge in [-0.1, -0.05) is 30.3 Å². The number of hydrogen-bond acceptors (Lipinski definition) is 5. The minimum atomic E-state index is 0.0293. The lowest BCUT2D eigenvalue weighted by Gasteiger charge is -2.33. The zero-order chi connectivity index (χ0) is 22.2. The Labute approximate surface area is 192 Å². The molecule has 2 fully saturated rings. The quantitative estimate of drug-likeness (QED) is 0.644. The molecule has 2 saturated heterocycles. The van der Waals surface area contributed by atoms with Crippen molar-refractivity contribution < 1.29 is 4.79 Å². The Bertz CT molecular complexity index is 850. The first-order valence-electron chi connectivity index (χ1n) is 12.3. The molecule has 1 atom stereocenters. The van der Waals surface area contributed by atoms with Crippen molar-refractivity contribution in [3.05, 3.63) is 53.9 Å². The van der Waals surface area contributed by atoms with Crippen LogP contribution in [0.2, 0.25) is 0 Å². The van der Waals surface area contributed by atoms with Crippen LogP contribution in [0.4, 0.5) is 5.95 Å². The Kier molecular flexibility index (Phi) is 8.10. The Morgan fingerprint density at radius 2 is 1.91 bits per heavy atom. The minimum Gasteiger partial charge on any atom is -0.356 e. The second kappa shape index (κ2) is 11.4. The highest BCUT2D eigenvalue weighted by atomic mass is 16.1. The number of amides is 1. The summed E-state index contributed by atoms with van der Waals surface area (Å²) >= 11 is 0. The molecule has 1 amide bonds. The molecule has 3 heterocycles. The lowest BCUT2D eigenvalue weighted by atomic mass is 9.90. The van der Waals surface area contributed by atoms with E-state index in [4.69, 9.17) is 0 Å². The molecule has 1 aromatic carbocycles. The van der Waals surface area contributed by atoms with Crippen molar-refractivity contribution in [2.75, 3.05) is 44.2 Å². The van der Waals surface area contributed by atoms with Crippen LogP contribution in [0.3, 0.4) is 0 Å². The van der Waals surface area contributed by atoms with Crippen LogP contribution in [-0.4, -0.2) is 60.0 Å². The van der Waals surface area contributed by atoms with Crippen molar-refractivity contribution >= 4 is 11.9 Å². The van der Waals surface area contributed by atoms with Gasteiger partial charge in [-0.15, -0.1) is 0 Å². The number of nitrogens with zero attached hydrogens (tertiary/aromatic N) is 4. The smallest absolute Gasteiger partial charge is 0.225 e. The van der Waals surface area contributed by atoms with Gasteiger partial charge in [-0.25, -0.2) is 9.97 Å². The van der Waals surface area contributed by atoms with Crippen molar-refractivity contribution in [2.45, 2.75) is 45.4 Å². The number of nitrogens with one attached hydrogen (secondary N) is 1. The van der Waals surface area contributed by atoms with E-state index in [1.165, 1.54) is 37.9 Å². The Hall–Kier alpha value is -2.47. The van der Waals surface area contributed by atoms with Crippen LogP contribution < -0.4 is 10.2 Å². The highest BCUT2D eigenvalue weighted by Gasteiger charge is 2.27. The van der Waals surface area contributed by atoms with Gasteiger partial charge in [-0.3, -0.25) is 4.79 Å². The lowest BCUT2D eigenvalue weighted by Crippen LogP contribution is -2.44. The molecule has 1 unspecified atom stereocenters. The second-order valence-electron chi connectivity index (χ2n) is 9.40. The molecule has 32 heavy (non-hydrogen) atoms. The monoisotopic (exact) mass is 435 g/mol. The van der Waals surface area contributed by atoms with E-state index in [0.717, 1.165) is 56.5 Å². The van der Waals surface area contributed by atoms with Crippen LogP contribution in [0, 0.1) is 18.8 Å². The fourth-order valence-electron chi connectivity index (χ4n) is 4.98. The van der Waals surface area contributed by atoms with E-state index in [-0.39, 0.29) is 11.8 Å². The van der Waals surface area contributed by atoms with Gasteiger partial charge in [0.25, 0.3) is 0 Å². The third-order valence-electron chi connectivity index (χ3n) is 6.88. The third-order valence-corrected chi connectivity index (χ3v) is 6.88. The zero-order valence-electron chi connectivity index (χ0n) is 19.4. The maximum Gasteiger partial charge on any atom is 0.225 e. The molecule has 6 nitrogen and oxygen atoms in total. The predicted octanol–water partition coefficient (Wildman–Crippen LogP) is 3.46. The Balaban J connectivity index is 1.12. The topological polar surface area (TPSA) is 61.4 Å². The Morgan fingerprint density at radius 3 is 2.69 bits per heavy atom. The van der Waals surface area contributed by atoms with Gasteiger partial charge < -0.3 is 15.1 Å². The molecule has 6 heteroatoms. The summed E-state index contributed by atoms with van der Waals surface area (Å²) in [5, 5.41) is 3.18. The van der Waals surface area contributed by atoms with Crippen molar-refractivity contribution in [3.8, 4) is 0 Å². The van der Waals surface area contributed by atoms with Crippen molar-refractivity contribution in [1.82, 2.24) is 20.2 Å². The van der Waals surface area contributed by atoms with E-state index in [2.05, 4.69) is 55.4 Å². The van der Waals surface area contributed by atoms with Gasteiger partial charge >= 0.3 is 0 Å². The maximum absolute atomic E-state index is 12.7. The maximum atomic E-state index is 12.7. The van der Waals surface area contributed by atoms with Gasteiger partial charge in [0.15, 0.2) is 0 Å². The Morgan fingerprint density at radius 1 is 1.09 bits per heavy atom. The number of piperidine rings is 2. The average Bonchev–Trinajstić information content (AvgIpc) is 2.83. The van der Waals surface area contributed by atoms with Gasteiger partial charge in [0.2, 0.25) is 11.9 Å². The number of carbonyl (C=O) groups is 1. The van der Waals surface area contributed by atoms with Crippen LogP contribution in [0.25, 0.3) is 0 Å². The normalized spacial score (nSPS) is 20.3. The van der Waals surface area contributed by atoms with E-state index in [1.54, 1.807) is 6.20 Å². The van der Waals surface area contributed by atoms with E-state index in [9.17, 15) is 4.79 Å². The molecule has 4 rings (SSSR count). The van der Waals surface area contributed by atoms with Crippen LogP contribution in [0.5, 0.6) is 0 Å². The van der Waals surface area contributed by atoms with Gasteiger partial charge in [0, 0.05) is 31.5 Å². The van der Waals surface area contributed by atoms with Crippen molar-refractivity contribution in [2.24, 2.45) is 11.8 Å². The van der Waals surface area contributed by atoms with Gasteiger partial charge in [0.1, 0.15) is 0 Å². The number of anilines is 1. The highest BCUT2D eigenvalue weighted by Crippen LogP contribution is 2.22. The summed E-state index contributed by atoms with van der Waals surface area (Å²) < 4.78 is 0. The summed E-state index contributed by atoms with van der Waals surface area (Å²) in [6.07, 6.45) is 8.53. The van der Waals surface area contributed by atoms with Crippen LogP contribution in [0.1, 0.15) is 43.4 Å². The van der Waals surface area contributed by atoms with Crippen molar-refractivity contribution in [1.29, 1.82) is 0 Å². The molecule has 0 spiro atoms. The summed E-state index contributed by atoms with van der Waals surface area (Å²) in [5.41, 5.74) is 2.43. The highest BCUT2D eigenvalue weighted by molar-refractivity contribution is 5.79. The number of benzene rings is 1. The summed E-state index contributed by atoms with van der Waals surface area (Å²) in [4.78, 5) is 26.3. The van der Waals surface area contributed by atoms with Gasteiger partial charge in [0.05, 0.1) is 5.92 Å². The molecule has 1 aromatic heterocycles. The number of rotatable bonds is 8. The fraction of sp³-hybridized carbons (Fsp3) is 0.577. The summed E-state index contributed by atoms with van der Waals surface area (Å²) in [6.45, 7) is 7.81. The average molecular weight is 436 g/mol. The molecule has 2 aliphatic rings. The molecule has 0 aliphatic carbocycles. The predicted molar refractivity (Wildman–Crippen MR) is 129 cm³/mol. The van der Waals surface area contributed by atoms with Crippen LogP contribution in [-0.2, 0) is 11.2 Å². The second-order valence-corrected chi connectivity index (χ2v) is 9.40. The molecule has 2 aliphatic heterocycles. The first-order chi connectivity index (χ1) is 15.7. The zero-order valence-corrected chi connectivity index (χ0v) is 19.4. The number of aromatic nitrogens is 2. The van der Waals surface area contributed by atoms with Crippen LogP contribution >= 0.6 is 0 Å². The van der Waals surface area contributed by atoms with Gasteiger partial charge in [-0.2, -0.15) is 0 Å². The van der Waals surface area contributed by atoms with Crippen molar-refractivity contribution in [3.63, 3.8) is 0 Å². The molecule has 2 aromatic rings. The molecule has 0 saturated carbocycles. The third kappa shape index (κ3) is 6.52. The van der Waals surface area contributed by atoms with E-state index >= 15 is 0 Å². The minimum absolute atomic E-state index is 0.0293.